The predicted molar refractivity (Wildman–Crippen MR) is 113 cm³/mol. The van der Waals surface area contributed by atoms with E-state index in [0.29, 0.717) is 54.3 Å². The molecule has 148 valence electrons. The van der Waals surface area contributed by atoms with E-state index in [9.17, 15) is 14.9 Å². The van der Waals surface area contributed by atoms with Crippen molar-refractivity contribution in [3.05, 3.63) is 95.2 Å². The van der Waals surface area contributed by atoms with Crippen molar-refractivity contribution in [2.45, 2.75) is 0 Å². The molecule has 1 aromatic heterocycles. The number of rotatable bonds is 4. The highest BCUT2D eigenvalue weighted by Crippen LogP contribution is 2.21. The molecule has 0 atom stereocenters. The van der Waals surface area contributed by atoms with Gasteiger partial charge in [-0.15, -0.1) is 0 Å². The summed E-state index contributed by atoms with van der Waals surface area (Å²) in [5, 5.41) is 9.30. The Hall–Kier alpha value is -3.98. The molecule has 2 aromatic carbocycles. The first-order valence-corrected chi connectivity index (χ1v) is 9.77. The van der Waals surface area contributed by atoms with Gasteiger partial charge in [-0.1, -0.05) is 48.5 Å². The number of aromatic nitrogens is 1. The van der Waals surface area contributed by atoms with Gasteiger partial charge in [-0.3, -0.25) is 9.59 Å². The Morgan fingerprint density at radius 3 is 2.20 bits per heavy atom. The molecule has 2 heterocycles. The van der Waals surface area contributed by atoms with Crippen LogP contribution in [0.25, 0.3) is 0 Å². The van der Waals surface area contributed by atoms with Gasteiger partial charge < -0.3 is 9.80 Å². The molecule has 1 aliphatic rings. The molecule has 1 aliphatic heterocycles. The van der Waals surface area contributed by atoms with Crippen molar-refractivity contribution in [2.75, 3.05) is 31.1 Å². The quantitative estimate of drug-likeness (QED) is 0.633. The second-order valence-corrected chi connectivity index (χ2v) is 7.01. The maximum atomic E-state index is 13.2. The molecule has 0 aliphatic carbocycles. The number of anilines is 1. The van der Waals surface area contributed by atoms with E-state index in [0.717, 1.165) is 0 Å². The van der Waals surface area contributed by atoms with Crippen LogP contribution in [0.4, 0.5) is 5.82 Å². The molecule has 3 aromatic rings. The van der Waals surface area contributed by atoms with Crippen molar-refractivity contribution in [1.29, 1.82) is 5.26 Å². The van der Waals surface area contributed by atoms with Crippen LogP contribution in [-0.4, -0.2) is 47.8 Å². The molecular formula is C24H20N4O2. The van der Waals surface area contributed by atoms with Crippen LogP contribution in [0.1, 0.15) is 31.8 Å². The summed E-state index contributed by atoms with van der Waals surface area (Å²) in [6.45, 7) is 2.14. The number of nitrogens with zero attached hydrogens (tertiary/aromatic N) is 4. The molecule has 0 spiro atoms. The van der Waals surface area contributed by atoms with Crippen LogP contribution in [0, 0.1) is 11.3 Å². The summed E-state index contributed by atoms with van der Waals surface area (Å²) in [4.78, 5) is 34.3. The number of amides is 1. The first-order chi connectivity index (χ1) is 14.7. The minimum atomic E-state index is -0.162. The molecule has 0 radical (unpaired) electrons. The molecule has 1 amide bonds. The van der Waals surface area contributed by atoms with Gasteiger partial charge in [-0.2, -0.15) is 5.26 Å². The van der Waals surface area contributed by atoms with Crippen LogP contribution in [0.3, 0.4) is 0 Å². The number of benzene rings is 2. The fourth-order valence-corrected chi connectivity index (χ4v) is 3.64. The van der Waals surface area contributed by atoms with Crippen LogP contribution in [-0.2, 0) is 0 Å². The number of carbonyl (C=O) groups is 2. The van der Waals surface area contributed by atoms with Gasteiger partial charge in [-0.05, 0) is 18.2 Å². The summed E-state index contributed by atoms with van der Waals surface area (Å²) in [6, 6.07) is 21.6. The Bertz CT molecular complexity index is 1110. The Morgan fingerprint density at radius 2 is 1.50 bits per heavy atom. The third-order valence-electron chi connectivity index (χ3n) is 5.21. The van der Waals surface area contributed by atoms with E-state index in [1.54, 1.807) is 59.6 Å². The van der Waals surface area contributed by atoms with Crippen molar-refractivity contribution in [1.82, 2.24) is 9.88 Å². The summed E-state index contributed by atoms with van der Waals surface area (Å²) in [7, 11) is 0. The minimum absolute atomic E-state index is 0.156. The maximum absolute atomic E-state index is 13.2. The second-order valence-electron chi connectivity index (χ2n) is 7.01. The summed E-state index contributed by atoms with van der Waals surface area (Å²) >= 11 is 0. The first kappa shape index (κ1) is 19.3. The van der Waals surface area contributed by atoms with Crippen molar-refractivity contribution < 1.29 is 9.59 Å². The lowest BCUT2D eigenvalue weighted by Gasteiger charge is -2.36. The smallest absolute Gasteiger partial charge is 0.254 e. The van der Waals surface area contributed by atoms with E-state index >= 15 is 0 Å². The topological polar surface area (TPSA) is 77.3 Å². The highest BCUT2D eigenvalue weighted by atomic mass is 16.2. The predicted octanol–water partition coefficient (Wildman–Crippen LogP) is 3.15. The Balaban J connectivity index is 1.52. The molecule has 1 fully saturated rings. The molecule has 30 heavy (non-hydrogen) atoms. The van der Waals surface area contributed by atoms with Crippen LogP contribution in [0.15, 0.2) is 72.9 Å². The molecule has 4 rings (SSSR count). The van der Waals surface area contributed by atoms with Gasteiger partial charge >= 0.3 is 0 Å². The van der Waals surface area contributed by atoms with Gasteiger partial charge in [0, 0.05) is 43.5 Å². The number of pyridine rings is 1. The van der Waals surface area contributed by atoms with Crippen molar-refractivity contribution in [3.8, 4) is 6.07 Å². The van der Waals surface area contributed by atoms with E-state index in [-0.39, 0.29) is 11.7 Å². The third kappa shape index (κ3) is 3.78. The first-order valence-electron chi connectivity index (χ1n) is 9.77. The molecule has 0 saturated carbocycles. The third-order valence-corrected chi connectivity index (χ3v) is 5.21. The van der Waals surface area contributed by atoms with Crippen LogP contribution >= 0.6 is 0 Å². The molecule has 0 unspecified atom stereocenters. The summed E-state index contributed by atoms with van der Waals surface area (Å²) in [6.07, 6.45) is 1.67. The van der Waals surface area contributed by atoms with E-state index in [1.165, 1.54) is 0 Å². The SMILES string of the molecule is N#Cc1cccnc1N1CCN(C(=O)c2ccccc2C(=O)c2ccccc2)CC1. The van der Waals surface area contributed by atoms with Crippen LogP contribution in [0.5, 0.6) is 0 Å². The van der Waals surface area contributed by atoms with Gasteiger partial charge in [0.15, 0.2) is 5.78 Å². The van der Waals surface area contributed by atoms with Crippen molar-refractivity contribution in [3.63, 3.8) is 0 Å². The molecule has 0 bridgehead atoms. The van der Waals surface area contributed by atoms with E-state index in [1.807, 2.05) is 23.1 Å². The van der Waals surface area contributed by atoms with Gasteiger partial charge in [0.2, 0.25) is 0 Å². The van der Waals surface area contributed by atoms with Crippen LogP contribution in [0.2, 0.25) is 0 Å². The number of piperazine rings is 1. The number of hydrogen-bond donors (Lipinski definition) is 0. The zero-order valence-electron chi connectivity index (χ0n) is 16.4. The summed E-state index contributed by atoms with van der Waals surface area (Å²) in [5.41, 5.74) is 1.90. The number of ketones is 1. The van der Waals surface area contributed by atoms with Gasteiger partial charge in [0.25, 0.3) is 5.91 Å². The fraction of sp³-hybridized carbons (Fsp3) is 0.167. The highest BCUT2D eigenvalue weighted by molar-refractivity contribution is 6.15. The van der Waals surface area contributed by atoms with Crippen molar-refractivity contribution >= 4 is 17.5 Å². The number of hydrogen-bond acceptors (Lipinski definition) is 5. The lowest BCUT2D eigenvalue weighted by molar-refractivity contribution is 0.0742. The molecule has 6 heteroatoms. The van der Waals surface area contributed by atoms with E-state index in [4.69, 9.17) is 0 Å². The minimum Gasteiger partial charge on any atom is -0.352 e. The normalized spacial score (nSPS) is 13.6. The zero-order chi connectivity index (χ0) is 20.9. The molecule has 6 nitrogen and oxygen atoms in total. The highest BCUT2D eigenvalue weighted by Gasteiger charge is 2.26. The Labute approximate surface area is 175 Å². The van der Waals surface area contributed by atoms with E-state index < -0.39 is 0 Å². The van der Waals surface area contributed by atoms with Gasteiger partial charge in [0.05, 0.1) is 11.1 Å². The standard InChI is InChI=1S/C24H20N4O2/c25-17-19-9-6-12-26-23(19)27-13-15-28(16-14-27)24(30)21-11-5-4-10-20(21)22(29)18-7-2-1-3-8-18/h1-12H,13-16H2. The van der Waals surface area contributed by atoms with E-state index in [2.05, 4.69) is 11.1 Å². The maximum Gasteiger partial charge on any atom is 0.254 e. The van der Waals surface area contributed by atoms with Crippen LogP contribution < -0.4 is 4.90 Å². The largest absolute Gasteiger partial charge is 0.352 e. The monoisotopic (exact) mass is 396 g/mol. The Kier molecular flexibility index (Phi) is 5.53. The van der Waals surface area contributed by atoms with Crippen molar-refractivity contribution in [2.24, 2.45) is 0 Å². The average Bonchev–Trinajstić information content (AvgIpc) is 2.83. The average molecular weight is 396 g/mol. The van der Waals surface area contributed by atoms with Gasteiger partial charge in [-0.25, -0.2) is 4.98 Å². The lowest BCUT2D eigenvalue weighted by atomic mass is 9.97. The summed E-state index contributed by atoms with van der Waals surface area (Å²) < 4.78 is 0. The van der Waals surface area contributed by atoms with Gasteiger partial charge in [0.1, 0.15) is 11.9 Å². The summed E-state index contributed by atoms with van der Waals surface area (Å²) in [5.74, 6) is 0.327. The molecule has 1 saturated heterocycles. The number of carbonyl (C=O) groups excluding carboxylic acids is 2. The second kappa shape index (κ2) is 8.58. The Morgan fingerprint density at radius 1 is 0.833 bits per heavy atom. The molecular weight excluding hydrogens is 376 g/mol. The number of nitriles is 1. The lowest BCUT2D eigenvalue weighted by Crippen LogP contribution is -2.49. The molecule has 0 N–H and O–H groups in total. The fourth-order valence-electron chi connectivity index (χ4n) is 3.64. The zero-order valence-corrected chi connectivity index (χ0v) is 16.4.